The van der Waals surface area contributed by atoms with Crippen LogP contribution in [0.4, 0.5) is 0 Å². The summed E-state index contributed by atoms with van der Waals surface area (Å²) in [5.74, 6) is -3.05. The average Bonchev–Trinajstić information content (AvgIpc) is 3.15. The predicted molar refractivity (Wildman–Crippen MR) is 102 cm³/mol. The number of carboxylic acids is 1. The minimum absolute atomic E-state index is 0.0191. The molecule has 2 atom stereocenters. The number of nitrogens with zero attached hydrogens (tertiary/aromatic N) is 2. The Morgan fingerprint density at radius 2 is 1.93 bits per heavy atom. The van der Waals surface area contributed by atoms with Crippen molar-refractivity contribution in [2.45, 2.75) is 31.3 Å². The number of likely N-dealkylation sites (tertiary alicyclic amines) is 1. The SMILES string of the molecule is O=C[C@H](CC(=O)O)NC(=O)C1CCCN1C(=O)CNC(=O)c1c(Cl)cncc1Cl. The first-order valence-corrected chi connectivity index (χ1v) is 9.34. The van der Waals surface area contributed by atoms with Gasteiger partial charge in [0.1, 0.15) is 12.3 Å². The molecular weight excluding hydrogens is 427 g/mol. The van der Waals surface area contributed by atoms with Crippen molar-refractivity contribution >= 4 is 53.2 Å². The van der Waals surface area contributed by atoms with Gasteiger partial charge in [0.05, 0.1) is 34.6 Å². The van der Waals surface area contributed by atoms with Gasteiger partial charge >= 0.3 is 5.97 Å². The van der Waals surface area contributed by atoms with Gasteiger partial charge in [0.25, 0.3) is 5.91 Å². The van der Waals surface area contributed by atoms with Crippen LogP contribution >= 0.6 is 23.2 Å². The summed E-state index contributed by atoms with van der Waals surface area (Å²) in [6.45, 7) is -0.113. The lowest BCUT2D eigenvalue weighted by atomic mass is 10.1. The van der Waals surface area contributed by atoms with E-state index in [1.54, 1.807) is 0 Å². The molecule has 1 aromatic heterocycles. The van der Waals surface area contributed by atoms with Crippen LogP contribution in [0.1, 0.15) is 29.6 Å². The zero-order chi connectivity index (χ0) is 21.6. The molecule has 1 aliphatic heterocycles. The molecule has 2 heterocycles. The average molecular weight is 445 g/mol. The van der Waals surface area contributed by atoms with Crippen LogP contribution in [0.3, 0.4) is 0 Å². The maximum atomic E-state index is 12.5. The maximum absolute atomic E-state index is 12.5. The summed E-state index contributed by atoms with van der Waals surface area (Å²) >= 11 is 11.8. The summed E-state index contributed by atoms with van der Waals surface area (Å²) in [4.78, 5) is 63.8. The van der Waals surface area contributed by atoms with Crippen molar-refractivity contribution in [3.05, 3.63) is 28.0 Å². The van der Waals surface area contributed by atoms with Crippen LogP contribution in [0.15, 0.2) is 12.4 Å². The van der Waals surface area contributed by atoms with Crippen molar-refractivity contribution in [3.63, 3.8) is 0 Å². The molecular formula is C17H18Cl2N4O6. The van der Waals surface area contributed by atoms with E-state index in [4.69, 9.17) is 28.3 Å². The van der Waals surface area contributed by atoms with E-state index in [0.29, 0.717) is 19.1 Å². The van der Waals surface area contributed by atoms with Gasteiger partial charge in [-0.05, 0) is 12.8 Å². The quantitative estimate of drug-likeness (QED) is 0.487. The van der Waals surface area contributed by atoms with Crippen LogP contribution in [-0.2, 0) is 19.2 Å². The number of pyridine rings is 1. The highest BCUT2D eigenvalue weighted by Crippen LogP contribution is 2.22. The number of carbonyl (C=O) groups is 5. The van der Waals surface area contributed by atoms with Crippen LogP contribution in [-0.4, -0.2) is 70.1 Å². The third-order valence-corrected chi connectivity index (χ3v) is 4.82. The Kier molecular flexibility index (Phi) is 7.91. The molecule has 29 heavy (non-hydrogen) atoms. The van der Waals surface area contributed by atoms with Gasteiger partial charge < -0.3 is 25.4 Å². The number of halogens is 2. The highest BCUT2D eigenvalue weighted by Gasteiger charge is 2.35. The minimum Gasteiger partial charge on any atom is -0.481 e. The fourth-order valence-electron chi connectivity index (χ4n) is 2.91. The second-order valence-corrected chi connectivity index (χ2v) is 7.07. The fourth-order valence-corrected chi connectivity index (χ4v) is 3.45. The number of carbonyl (C=O) groups excluding carboxylic acids is 4. The van der Waals surface area contributed by atoms with Crippen molar-refractivity contribution in [2.75, 3.05) is 13.1 Å². The second-order valence-electron chi connectivity index (χ2n) is 6.26. The topological polar surface area (TPSA) is 146 Å². The van der Waals surface area contributed by atoms with Crippen LogP contribution in [0.25, 0.3) is 0 Å². The number of nitrogens with one attached hydrogen (secondary N) is 2. The molecule has 1 aliphatic rings. The Morgan fingerprint density at radius 3 is 2.52 bits per heavy atom. The number of aliphatic carboxylic acids is 1. The molecule has 1 saturated heterocycles. The molecule has 0 saturated carbocycles. The first-order valence-electron chi connectivity index (χ1n) is 8.58. The first-order chi connectivity index (χ1) is 13.7. The predicted octanol–water partition coefficient (Wildman–Crippen LogP) is 0.268. The number of aromatic nitrogens is 1. The van der Waals surface area contributed by atoms with Crippen LogP contribution in [0, 0.1) is 0 Å². The van der Waals surface area contributed by atoms with Crippen molar-refractivity contribution in [3.8, 4) is 0 Å². The van der Waals surface area contributed by atoms with E-state index in [1.165, 1.54) is 17.3 Å². The van der Waals surface area contributed by atoms with Gasteiger partial charge in [0, 0.05) is 18.9 Å². The van der Waals surface area contributed by atoms with Crippen molar-refractivity contribution in [1.82, 2.24) is 20.5 Å². The van der Waals surface area contributed by atoms with Crippen molar-refractivity contribution in [1.29, 1.82) is 0 Å². The van der Waals surface area contributed by atoms with Crippen molar-refractivity contribution < 1.29 is 29.1 Å². The van der Waals surface area contributed by atoms with E-state index in [0.717, 1.165) is 0 Å². The monoisotopic (exact) mass is 444 g/mol. The Morgan fingerprint density at radius 1 is 1.28 bits per heavy atom. The highest BCUT2D eigenvalue weighted by atomic mass is 35.5. The normalized spacial score (nSPS) is 16.8. The highest BCUT2D eigenvalue weighted by molar-refractivity contribution is 6.39. The van der Waals surface area contributed by atoms with Gasteiger partial charge in [0.15, 0.2) is 0 Å². The van der Waals surface area contributed by atoms with Crippen molar-refractivity contribution in [2.24, 2.45) is 0 Å². The number of carboxylic acid groups (broad SMARTS) is 1. The maximum Gasteiger partial charge on any atom is 0.305 e. The Bertz CT molecular complexity index is 814. The zero-order valence-corrected chi connectivity index (χ0v) is 16.6. The molecule has 156 valence electrons. The molecule has 0 spiro atoms. The Balaban J connectivity index is 1.97. The zero-order valence-electron chi connectivity index (χ0n) is 15.1. The summed E-state index contributed by atoms with van der Waals surface area (Å²) < 4.78 is 0. The summed E-state index contributed by atoms with van der Waals surface area (Å²) in [7, 11) is 0. The molecule has 3 N–H and O–H groups in total. The summed E-state index contributed by atoms with van der Waals surface area (Å²) in [5.41, 5.74) is -0.0191. The van der Waals surface area contributed by atoms with Gasteiger partial charge in [-0.25, -0.2) is 0 Å². The smallest absolute Gasteiger partial charge is 0.305 e. The van der Waals surface area contributed by atoms with Gasteiger partial charge in [-0.15, -0.1) is 0 Å². The number of amides is 3. The minimum atomic E-state index is -1.24. The van der Waals surface area contributed by atoms with Gasteiger partial charge in [0.2, 0.25) is 11.8 Å². The lowest BCUT2D eigenvalue weighted by Gasteiger charge is -2.25. The molecule has 1 aromatic rings. The van der Waals surface area contributed by atoms with Crippen LogP contribution in [0.5, 0.6) is 0 Å². The molecule has 2 rings (SSSR count). The molecule has 0 aliphatic carbocycles. The van der Waals surface area contributed by atoms with E-state index < -0.39 is 48.7 Å². The standard InChI is InChI=1S/C17H18Cl2N4O6/c18-10-5-20-6-11(19)15(10)17(29)21-7-13(25)23-3-1-2-12(23)16(28)22-9(8-24)4-14(26)27/h5-6,8-9,12H,1-4,7H2,(H,21,29)(H,22,28)(H,26,27)/t9-,12?/m0/s1. The summed E-state index contributed by atoms with van der Waals surface area (Å²) in [6, 6.07) is -2.04. The molecule has 0 bridgehead atoms. The number of aldehydes is 1. The number of hydrogen-bond acceptors (Lipinski definition) is 6. The Labute approximate surface area is 175 Å². The van der Waals surface area contributed by atoms with Crippen LogP contribution < -0.4 is 10.6 Å². The Hall–Kier alpha value is -2.72. The summed E-state index contributed by atoms with van der Waals surface area (Å²) in [6.07, 6.45) is 3.16. The van der Waals surface area contributed by atoms with Crippen LogP contribution in [0.2, 0.25) is 10.0 Å². The third kappa shape index (κ3) is 5.88. The molecule has 0 aromatic carbocycles. The second kappa shape index (κ2) is 10.2. The molecule has 12 heteroatoms. The summed E-state index contributed by atoms with van der Waals surface area (Å²) in [5, 5.41) is 13.5. The molecule has 0 radical (unpaired) electrons. The fraction of sp³-hybridized carbons (Fsp3) is 0.412. The first kappa shape index (κ1) is 22.6. The third-order valence-electron chi connectivity index (χ3n) is 4.24. The molecule has 3 amide bonds. The van der Waals surface area contributed by atoms with E-state index in [1.807, 2.05) is 0 Å². The van der Waals surface area contributed by atoms with E-state index in [2.05, 4.69) is 15.6 Å². The number of rotatable bonds is 8. The lowest BCUT2D eigenvalue weighted by Crippen LogP contribution is -2.51. The van der Waals surface area contributed by atoms with Gasteiger partial charge in [-0.1, -0.05) is 23.2 Å². The van der Waals surface area contributed by atoms with E-state index >= 15 is 0 Å². The number of hydrogen-bond donors (Lipinski definition) is 3. The molecule has 10 nitrogen and oxygen atoms in total. The van der Waals surface area contributed by atoms with E-state index in [-0.39, 0.29) is 22.2 Å². The van der Waals surface area contributed by atoms with Gasteiger partial charge in [-0.2, -0.15) is 0 Å². The van der Waals surface area contributed by atoms with E-state index in [9.17, 15) is 24.0 Å². The largest absolute Gasteiger partial charge is 0.481 e. The molecule has 1 fully saturated rings. The molecule has 1 unspecified atom stereocenters. The van der Waals surface area contributed by atoms with Gasteiger partial charge in [-0.3, -0.25) is 24.2 Å². The lowest BCUT2D eigenvalue weighted by molar-refractivity contribution is -0.140.